The standard InChI is InChI=1S/C13H17N3O2S3/c1-4-12-15-10(8-19-12)9-20-13-6-5-11(7-14-13)21(17,18)16(2)3/h5-8H,4,9H2,1-3H3. The Hall–Kier alpha value is -0.960. The van der Waals surface area contributed by atoms with E-state index in [9.17, 15) is 8.42 Å². The van der Waals surface area contributed by atoms with E-state index in [0.29, 0.717) is 0 Å². The van der Waals surface area contributed by atoms with Crippen LogP contribution in [0.5, 0.6) is 0 Å². The second-order valence-corrected chi connectivity index (χ2v) is 8.58. The molecular formula is C13H17N3O2S3. The molecule has 0 aliphatic heterocycles. The normalized spacial score (nSPS) is 12.0. The number of pyridine rings is 1. The lowest BCUT2D eigenvalue weighted by Gasteiger charge is -2.10. The zero-order valence-corrected chi connectivity index (χ0v) is 14.6. The highest BCUT2D eigenvalue weighted by Gasteiger charge is 2.17. The van der Waals surface area contributed by atoms with Gasteiger partial charge in [0.05, 0.1) is 15.7 Å². The van der Waals surface area contributed by atoms with Crippen LogP contribution in [0, 0.1) is 0 Å². The van der Waals surface area contributed by atoms with Gasteiger partial charge in [-0.25, -0.2) is 22.7 Å². The molecule has 0 fully saturated rings. The highest BCUT2D eigenvalue weighted by molar-refractivity contribution is 7.98. The molecule has 2 rings (SSSR count). The van der Waals surface area contributed by atoms with Gasteiger partial charge in [0.25, 0.3) is 0 Å². The molecule has 0 bridgehead atoms. The average Bonchev–Trinajstić information content (AvgIpc) is 2.93. The quantitative estimate of drug-likeness (QED) is 0.755. The first-order valence-electron chi connectivity index (χ1n) is 6.38. The van der Waals surface area contributed by atoms with Gasteiger partial charge in [-0.15, -0.1) is 23.1 Å². The smallest absolute Gasteiger partial charge is 0.244 e. The van der Waals surface area contributed by atoms with Crippen LogP contribution in [0.1, 0.15) is 17.6 Å². The Balaban J connectivity index is 2.03. The zero-order chi connectivity index (χ0) is 15.5. The van der Waals surface area contributed by atoms with E-state index in [2.05, 4.69) is 22.3 Å². The molecule has 2 aromatic heterocycles. The van der Waals surface area contributed by atoms with Gasteiger partial charge in [0.2, 0.25) is 10.0 Å². The van der Waals surface area contributed by atoms with Gasteiger partial charge < -0.3 is 0 Å². The lowest BCUT2D eigenvalue weighted by molar-refractivity contribution is 0.520. The summed E-state index contributed by atoms with van der Waals surface area (Å²) in [7, 11) is -0.399. The predicted molar refractivity (Wildman–Crippen MR) is 86.2 cm³/mol. The summed E-state index contributed by atoms with van der Waals surface area (Å²) in [6.45, 7) is 2.08. The van der Waals surface area contributed by atoms with E-state index in [4.69, 9.17) is 0 Å². The lowest BCUT2D eigenvalue weighted by atomic mass is 10.5. The molecule has 0 spiro atoms. The van der Waals surface area contributed by atoms with E-state index < -0.39 is 10.0 Å². The van der Waals surface area contributed by atoms with Crippen LogP contribution < -0.4 is 0 Å². The van der Waals surface area contributed by atoms with Crippen molar-refractivity contribution in [1.29, 1.82) is 0 Å². The molecule has 21 heavy (non-hydrogen) atoms. The van der Waals surface area contributed by atoms with Crippen molar-refractivity contribution in [3.8, 4) is 0 Å². The van der Waals surface area contributed by atoms with Crippen molar-refractivity contribution in [1.82, 2.24) is 14.3 Å². The predicted octanol–water partition coefficient (Wildman–Crippen LogP) is 2.64. The van der Waals surface area contributed by atoms with E-state index in [0.717, 1.165) is 27.9 Å². The fourth-order valence-corrected chi connectivity index (χ4v) is 3.97. The summed E-state index contributed by atoms with van der Waals surface area (Å²) >= 11 is 3.21. The Labute approximate surface area is 133 Å². The maximum Gasteiger partial charge on any atom is 0.244 e. The van der Waals surface area contributed by atoms with Gasteiger partial charge in [-0.3, -0.25) is 0 Å². The Morgan fingerprint density at radius 2 is 2.10 bits per heavy atom. The first-order chi connectivity index (χ1) is 9.93. The molecule has 0 aliphatic rings. The molecule has 0 amide bonds. The zero-order valence-electron chi connectivity index (χ0n) is 12.1. The highest BCUT2D eigenvalue weighted by atomic mass is 32.2. The number of rotatable bonds is 6. The van der Waals surface area contributed by atoms with Crippen molar-refractivity contribution in [2.75, 3.05) is 14.1 Å². The summed E-state index contributed by atoms with van der Waals surface area (Å²) in [4.78, 5) is 8.90. The minimum absolute atomic E-state index is 0.207. The molecule has 5 nitrogen and oxygen atoms in total. The lowest BCUT2D eigenvalue weighted by Crippen LogP contribution is -2.22. The third-order valence-corrected chi connectivity index (χ3v) is 6.58. The maximum atomic E-state index is 11.9. The fraction of sp³-hybridized carbons (Fsp3) is 0.385. The third kappa shape index (κ3) is 4.03. The molecule has 0 N–H and O–H groups in total. The van der Waals surface area contributed by atoms with Crippen LogP contribution in [-0.2, 0) is 22.2 Å². The van der Waals surface area contributed by atoms with Crippen LogP contribution in [0.3, 0.4) is 0 Å². The number of thiazole rings is 1. The van der Waals surface area contributed by atoms with Crippen molar-refractivity contribution >= 4 is 33.1 Å². The SMILES string of the molecule is CCc1nc(CSc2ccc(S(=O)(=O)N(C)C)cn2)cs1. The highest BCUT2D eigenvalue weighted by Crippen LogP contribution is 2.23. The van der Waals surface area contributed by atoms with Crippen molar-refractivity contribution in [2.45, 2.75) is 29.0 Å². The summed E-state index contributed by atoms with van der Waals surface area (Å²) in [5.74, 6) is 0.739. The van der Waals surface area contributed by atoms with E-state index in [1.165, 1.54) is 24.6 Å². The summed E-state index contributed by atoms with van der Waals surface area (Å²) in [5, 5.41) is 3.97. The molecule has 8 heteroatoms. The van der Waals surface area contributed by atoms with Crippen LogP contribution in [0.4, 0.5) is 0 Å². The first-order valence-corrected chi connectivity index (χ1v) is 9.68. The van der Waals surface area contributed by atoms with Crippen molar-refractivity contribution in [2.24, 2.45) is 0 Å². The molecule has 114 valence electrons. The summed E-state index contributed by atoms with van der Waals surface area (Å²) in [6, 6.07) is 3.32. The summed E-state index contributed by atoms with van der Waals surface area (Å²) in [5.41, 5.74) is 1.04. The molecule has 0 radical (unpaired) electrons. The van der Waals surface area contributed by atoms with E-state index in [-0.39, 0.29) is 4.90 Å². The van der Waals surface area contributed by atoms with Gasteiger partial charge in [0, 0.05) is 31.4 Å². The van der Waals surface area contributed by atoms with E-state index >= 15 is 0 Å². The molecule has 0 saturated carbocycles. The van der Waals surface area contributed by atoms with Gasteiger partial charge in [0.1, 0.15) is 4.90 Å². The van der Waals surface area contributed by atoms with Crippen LogP contribution in [0.15, 0.2) is 33.6 Å². The number of aryl methyl sites for hydroxylation is 1. The van der Waals surface area contributed by atoms with Crippen molar-refractivity contribution < 1.29 is 8.42 Å². The van der Waals surface area contributed by atoms with Gasteiger partial charge in [0.15, 0.2) is 0 Å². The molecule has 2 heterocycles. The van der Waals surface area contributed by atoms with Crippen molar-refractivity contribution in [3.63, 3.8) is 0 Å². The van der Waals surface area contributed by atoms with Crippen LogP contribution in [-0.4, -0.2) is 36.8 Å². The minimum atomic E-state index is -3.41. The topological polar surface area (TPSA) is 63.2 Å². The monoisotopic (exact) mass is 343 g/mol. The Morgan fingerprint density at radius 3 is 2.62 bits per heavy atom. The van der Waals surface area contributed by atoms with Gasteiger partial charge in [-0.05, 0) is 18.6 Å². The van der Waals surface area contributed by atoms with Crippen LogP contribution in [0.25, 0.3) is 0 Å². The van der Waals surface area contributed by atoms with Gasteiger partial charge >= 0.3 is 0 Å². The second-order valence-electron chi connectivity index (χ2n) is 4.49. The molecule has 0 unspecified atom stereocenters. The molecule has 0 saturated heterocycles. The molecule has 2 aromatic rings. The number of hydrogen-bond donors (Lipinski definition) is 0. The van der Waals surface area contributed by atoms with Crippen molar-refractivity contribution in [3.05, 3.63) is 34.4 Å². The number of nitrogens with zero attached hydrogens (tertiary/aromatic N) is 3. The summed E-state index contributed by atoms with van der Waals surface area (Å²) in [6.07, 6.45) is 2.35. The average molecular weight is 343 g/mol. The molecule has 0 atom stereocenters. The fourth-order valence-electron chi connectivity index (χ4n) is 1.54. The van der Waals surface area contributed by atoms with Gasteiger partial charge in [-0.2, -0.15) is 0 Å². The largest absolute Gasteiger partial charge is 0.249 e. The number of sulfonamides is 1. The Bertz CT molecular complexity index is 694. The number of aromatic nitrogens is 2. The molecule has 0 aliphatic carbocycles. The number of hydrogen-bond acceptors (Lipinski definition) is 6. The number of thioether (sulfide) groups is 1. The van der Waals surface area contributed by atoms with E-state index in [1.807, 2.05) is 0 Å². The van der Waals surface area contributed by atoms with Crippen LogP contribution in [0.2, 0.25) is 0 Å². The third-order valence-electron chi connectivity index (χ3n) is 2.76. The second kappa shape index (κ2) is 6.87. The Morgan fingerprint density at radius 1 is 1.33 bits per heavy atom. The van der Waals surface area contributed by atoms with E-state index in [1.54, 1.807) is 35.2 Å². The van der Waals surface area contributed by atoms with Crippen LogP contribution >= 0.6 is 23.1 Å². The molecular weight excluding hydrogens is 326 g/mol. The van der Waals surface area contributed by atoms with Gasteiger partial charge in [-0.1, -0.05) is 6.92 Å². The first kappa shape index (κ1) is 16.4. The maximum absolute atomic E-state index is 11.9. The molecule has 0 aromatic carbocycles. The minimum Gasteiger partial charge on any atom is -0.249 e. The summed E-state index contributed by atoms with van der Waals surface area (Å²) < 4.78 is 25.0. The Kier molecular flexibility index (Phi) is 5.37.